The summed E-state index contributed by atoms with van der Waals surface area (Å²) in [6.45, 7) is 7.38. The molecule has 0 amide bonds. The SMILES string of the molecule is C[Si](C)(C)c1sc2ccccc2c1[Se]c1ccccc1. The molecular weight excluding hydrogens is 343 g/mol. The van der Waals surface area contributed by atoms with Crippen molar-refractivity contribution in [2.24, 2.45) is 0 Å². The molecule has 0 spiro atoms. The molecule has 20 heavy (non-hydrogen) atoms. The quantitative estimate of drug-likeness (QED) is 0.629. The summed E-state index contributed by atoms with van der Waals surface area (Å²) in [5.74, 6) is 0. The second-order valence-electron chi connectivity index (χ2n) is 5.92. The molecule has 1 heterocycles. The molecule has 3 heteroatoms. The molecule has 0 fully saturated rings. The van der Waals surface area contributed by atoms with Crippen LogP contribution in [0.1, 0.15) is 0 Å². The third kappa shape index (κ3) is 2.77. The maximum atomic E-state index is 2.46. The predicted octanol–water partition coefficient (Wildman–Crippen LogP) is 3.10. The van der Waals surface area contributed by atoms with Crippen LogP contribution in [0.15, 0.2) is 54.6 Å². The van der Waals surface area contributed by atoms with Crippen LogP contribution in [-0.2, 0) is 0 Å². The Morgan fingerprint density at radius 2 is 1.50 bits per heavy atom. The second-order valence-corrected chi connectivity index (χ2v) is 14.6. The van der Waals surface area contributed by atoms with Crippen molar-refractivity contribution < 1.29 is 0 Å². The third-order valence-corrected chi connectivity index (χ3v) is 11.0. The van der Waals surface area contributed by atoms with Gasteiger partial charge in [-0.2, -0.15) is 0 Å². The molecule has 0 atom stereocenters. The summed E-state index contributed by atoms with van der Waals surface area (Å²) < 4.78 is 6.24. The summed E-state index contributed by atoms with van der Waals surface area (Å²) in [6, 6.07) is 19.8. The number of fused-ring (bicyclic) bond motifs is 1. The molecule has 0 nitrogen and oxygen atoms in total. The van der Waals surface area contributed by atoms with Gasteiger partial charge in [-0.25, -0.2) is 0 Å². The van der Waals surface area contributed by atoms with E-state index < -0.39 is 8.07 Å². The van der Waals surface area contributed by atoms with Gasteiger partial charge in [0, 0.05) is 0 Å². The molecule has 0 aliphatic rings. The summed E-state index contributed by atoms with van der Waals surface area (Å²) in [7, 11) is -1.28. The minimum absolute atomic E-state index is 0.413. The minimum atomic E-state index is -1.28. The summed E-state index contributed by atoms with van der Waals surface area (Å²) in [4.78, 5) is 0. The molecule has 0 aliphatic carbocycles. The Hall–Kier alpha value is -0.864. The van der Waals surface area contributed by atoms with E-state index >= 15 is 0 Å². The molecule has 0 saturated heterocycles. The Bertz CT molecular complexity index is 726. The molecule has 0 radical (unpaired) electrons. The Kier molecular flexibility index (Phi) is 3.87. The average Bonchev–Trinajstić information content (AvgIpc) is 2.79. The van der Waals surface area contributed by atoms with E-state index in [1.54, 1.807) is 8.96 Å². The number of thiophene rings is 1. The number of rotatable bonds is 3. The summed E-state index contributed by atoms with van der Waals surface area (Å²) in [6.07, 6.45) is 0. The molecule has 0 aliphatic heterocycles. The first-order valence-electron chi connectivity index (χ1n) is 6.80. The van der Waals surface area contributed by atoms with Crippen LogP contribution in [0.5, 0.6) is 0 Å². The zero-order valence-electron chi connectivity index (χ0n) is 12.0. The van der Waals surface area contributed by atoms with Crippen LogP contribution in [0.25, 0.3) is 10.1 Å². The van der Waals surface area contributed by atoms with Crippen molar-refractivity contribution in [3.05, 3.63) is 54.6 Å². The van der Waals surface area contributed by atoms with Crippen LogP contribution in [-0.4, -0.2) is 23.0 Å². The van der Waals surface area contributed by atoms with Gasteiger partial charge in [-0.1, -0.05) is 0 Å². The Morgan fingerprint density at radius 3 is 2.20 bits per heavy atom. The molecule has 3 rings (SSSR count). The molecule has 0 unspecified atom stereocenters. The van der Waals surface area contributed by atoms with E-state index in [9.17, 15) is 0 Å². The Labute approximate surface area is 132 Å². The van der Waals surface area contributed by atoms with Gasteiger partial charge < -0.3 is 0 Å². The summed E-state index contributed by atoms with van der Waals surface area (Å²) in [5, 5.41) is 1.48. The maximum absolute atomic E-state index is 2.46. The fraction of sp³-hybridized carbons (Fsp3) is 0.176. The normalized spacial score (nSPS) is 11.9. The van der Waals surface area contributed by atoms with E-state index in [4.69, 9.17) is 0 Å². The van der Waals surface area contributed by atoms with Crippen molar-refractivity contribution in [1.29, 1.82) is 0 Å². The van der Waals surface area contributed by atoms with Crippen molar-refractivity contribution >= 4 is 57.9 Å². The van der Waals surface area contributed by atoms with E-state index in [0.29, 0.717) is 15.0 Å². The second kappa shape index (κ2) is 5.49. The molecule has 3 aromatic rings. The van der Waals surface area contributed by atoms with Gasteiger partial charge >= 0.3 is 132 Å². The van der Waals surface area contributed by atoms with Crippen molar-refractivity contribution in [2.75, 3.05) is 0 Å². The van der Waals surface area contributed by atoms with Gasteiger partial charge in [0.05, 0.1) is 0 Å². The van der Waals surface area contributed by atoms with Crippen LogP contribution in [0.3, 0.4) is 0 Å². The summed E-state index contributed by atoms with van der Waals surface area (Å²) >= 11 is 2.44. The molecule has 0 bridgehead atoms. The molecule has 2 aromatic carbocycles. The van der Waals surface area contributed by atoms with Crippen molar-refractivity contribution in [2.45, 2.75) is 19.6 Å². The van der Waals surface area contributed by atoms with Gasteiger partial charge in [-0.15, -0.1) is 0 Å². The van der Waals surface area contributed by atoms with Gasteiger partial charge in [0.15, 0.2) is 0 Å². The van der Waals surface area contributed by atoms with Gasteiger partial charge in [-0.05, 0) is 0 Å². The number of hydrogen-bond donors (Lipinski definition) is 0. The molecule has 1 aromatic heterocycles. The van der Waals surface area contributed by atoms with E-state index in [1.807, 2.05) is 11.3 Å². The van der Waals surface area contributed by atoms with Crippen LogP contribution in [0.4, 0.5) is 0 Å². The van der Waals surface area contributed by atoms with Crippen LogP contribution >= 0.6 is 11.3 Å². The van der Waals surface area contributed by atoms with E-state index in [1.165, 1.54) is 14.5 Å². The first kappa shape index (κ1) is 14.1. The zero-order chi connectivity index (χ0) is 14.2. The van der Waals surface area contributed by atoms with Crippen LogP contribution in [0, 0.1) is 0 Å². The monoisotopic (exact) mass is 362 g/mol. The Balaban J connectivity index is 2.16. The molecule has 102 valence electrons. The topological polar surface area (TPSA) is 0 Å². The van der Waals surface area contributed by atoms with Crippen LogP contribution < -0.4 is 13.4 Å². The average molecular weight is 361 g/mol. The zero-order valence-corrected chi connectivity index (χ0v) is 15.5. The van der Waals surface area contributed by atoms with Gasteiger partial charge in [-0.3, -0.25) is 0 Å². The first-order chi connectivity index (χ1) is 9.55. The number of benzene rings is 2. The predicted molar refractivity (Wildman–Crippen MR) is 96.3 cm³/mol. The first-order valence-corrected chi connectivity index (χ1v) is 12.8. The fourth-order valence-corrected chi connectivity index (χ4v) is 10.2. The molecule has 0 N–H and O–H groups in total. The third-order valence-electron chi connectivity index (χ3n) is 3.19. The van der Waals surface area contributed by atoms with Gasteiger partial charge in [0.1, 0.15) is 0 Å². The van der Waals surface area contributed by atoms with E-state index in [-0.39, 0.29) is 0 Å². The molecular formula is C17H18SSeSi. The van der Waals surface area contributed by atoms with Crippen molar-refractivity contribution in [3.63, 3.8) is 0 Å². The summed E-state index contributed by atoms with van der Waals surface area (Å²) in [5.41, 5.74) is 0. The van der Waals surface area contributed by atoms with E-state index in [0.717, 1.165) is 0 Å². The fourth-order valence-electron chi connectivity index (χ4n) is 2.22. The van der Waals surface area contributed by atoms with Crippen molar-refractivity contribution in [1.82, 2.24) is 0 Å². The van der Waals surface area contributed by atoms with Gasteiger partial charge in [0.25, 0.3) is 0 Å². The standard InChI is InChI=1S/C17H18SSeSi/c1-20(2,3)17-16(19-13-9-5-4-6-10-13)14-11-7-8-12-15(14)18-17/h4-12H,1-3H3. The molecule has 0 saturated carbocycles. The van der Waals surface area contributed by atoms with Crippen LogP contribution in [0.2, 0.25) is 19.6 Å². The number of hydrogen-bond acceptors (Lipinski definition) is 1. The Morgan fingerprint density at radius 1 is 0.850 bits per heavy atom. The van der Waals surface area contributed by atoms with E-state index in [2.05, 4.69) is 74.2 Å². The van der Waals surface area contributed by atoms with Crippen molar-refractivity contribution in [3.8, 4) is 0 Å². The van der Waals surface area contributed by atoms with Gasteiger partial charge in [0.2, 0.25) is 0 Å².